The van der Waals surface area contributed by atoms with Crippen molar-refractivity contribution in [2.24, 2.45) is 0 Å². The first kappa shape index (κ1) is 14.7. The Hall–Kier alpha value is -1.69. The van der Waals surface area contributed by atoms with Gasteiger partial charge in [0.05, 0.1) is 5.56 Å². The van der Waals surface area contributed by atoms with Gasteiger partial charge in [0.25, 0.3) is 0 Å². The van der Waals surface area contributed by atoms with E-state index in [4.69, 9.17) is 5.11 Å². The van der Waals surface area contributed by atoms with E-state index in [9.17, 15) is 9.59 Å². The Morgan fingerprint density at radius 3 is 2.80 bits per heavy atom. The normalized spacial score (nSPS) is 15.6. The van der Waals surface area contributed by atoms with Gasteiger partial charge < -0.3 is 15.3 Å². The number of urea groups is 1. The van der Waals surface area contributed by atoms with Gasteiger partial charge >= 0.3 is 12.0 Å². The molecule has 0 bridgehead atoms. The smallest absolute Gasteiger partial charge is 0.335 e. The van der Waals surface area contributed by atoms with Crippen molar-refractivity contribution in [2.45, 2.75) is 13.3 Å². The van der Waals surface area contributed by atoms with Gasteiger partial charge in [0.15, 0.2) is 0 Å². The lowest BCUT2D eigenvalue weighted by atomic mass is 10.1. The number of carbonyl (C=O) groups is 2. The lowest BCUT2D eigenvalue weighted by Gasteiger charge is -2.20. The van der Waals surface area contributed by atoms with Crippen molar-refractivity contribution < 1.29 is 14.7 Å². The summed E-state index contributed by atoms with van der Waals surface area (Å²) in [6, 6.07) is 4.72. The summed E-state index contributed by atoms with van der Waals surface area (Å²) < 4.78 is 0. The number of anilines is 1. The van der Waals surface area contributed by atoms with E-state index in [0.717, 1.165) is 31.0 Å². The topological polar surface area (TPSA) is 69.6 Å². The Balaban J connectivity index is 2.03. The average molecular weight is 294 g/mol. The number of nitrogens with zero attached hydrogens (tertiary/aromatic N) is 1. The van der Waals surface area contributed by atoms with Crippen molar-refractivity contribution >= 4 is 29.4 Å². The average Bonchev–Trinajstić information content (AvgIpc) is 2.67. The molecule has 108 valence electrons. The van der Waals surface area contributed by atoms with Gasteiger partial charge in [0, 0.05) is 24.5 Å². The molecular formula is C14H18N2O3S. The molecule has 1 aromatic rings. The van der Waals surface area contributed by atoms with Crippen molar-refractivity contribution in [2.75, 3.05) is 29.9 Å². The van der Waals surface area contributed by atoms with Crippen LogP contribution in [0.5, 0.6) is 0 Å². The second-order valence-corrected chi connectivity index (χ2v) is 5.94. The molecule has 5 nitrogen and oxygen atoms in total. The Morgan fingerprint density at radius 2 is 2.10 bits per heavy atom. The summed E-state index contributed by atoms with van der Waals surface area (Å²) >= 11 is 1.86. The molecule has 1 aliphatic rings. The molecule has 1 aliphatic heterocycles. The molecule has 20 heavy (non-hydrogen) atoms. The van der Waals surface area contributed by atoms with Crippen LogP contribution in [0.1, 0.15) is 22.3 Å². The minimum Gasteiger partial charge on any atom is -0.478 e. The van der Waals surface area contributed by atoms with E-state index in [1.165, 1.54) is 6.07 Å². The fourth-order valence-corrected chi connectivity index (χ4v) is 3.02. The Kier molecular flexibility index (Phi) is 4.89. The predicted molar refractivity (Wildman–Crippen MR) is 80.7 cm³/mol. The van der Waals surface area contributed by atoms with Crippen LogP contribution in [0.25, 0.3) is 0 Å². The first-order chi connectivity index (χ1) is 9.58. The van der Waals surface area contributed by atoms with E-state index in [0.29, 0.717) is 11.3 Å². The van der Waals surface area contributed by atoms with Crippen LogP contribution < -0.4 is 5.32 Å². The first-order valence-corrected chi connectivity index (χ1v) is 7.71. The van der Waals surface area contributed by atoms with Gasteiger partial charge in [0.2, 0.25) is 0 Å². The van der Waals surface area contributed by atoms with Gasteiger partial charge in [-0.2, -0.15) is 11.8 Å². The molecule has 1 aromatic carbocycles. The fraction of sp³-hybridized carbons (Fsp3) is 0.429. The van der Waals surface area contributed by atoms with Crippen LogP contribution in [0.4, 0.5) is 10.5 Å². The van der Waals surface area contributed by atoms with Gasteiger partial charge in [-0.3, -0.25) is 0 Å². The third-order valence-corrected chi connectivity index (χ3v) is 4.27. The summed E-state index contributed by atoms with van der Waals surface area (Å²) in [5.74, 6) is 1.10. The summed E-state index contributed by atoms with van der Waals surface area (Å²) in [7, 11) is 0. The molecule has 1 heterocycles. The Bertz CT molecular complexity index is 511. The highest BCUT2D eigenvalue weighted by Crippen LogP contribution is 2.17. The minimum atomic E-state index is -0.954. The zero-order valence-electron chi connectivity index (χ0n) is 11.4. The number of nitrogens with one attached hydrogen (secondary N) is 1. The van der Waals surface area contributed by atoms with Crippen LogP contribution >= 0.6 is 11.8 Å². The van der Waals surface area contributed by atoms with E-state index in [1.54, 1.807) is 24.0 Å². The number of rotatable bonds is 2. The number of hydrogen-bond acceptors (Lipinski definition) is 3. The van der Waals surface area contributed by atoms with Crippen LogP contribution in [0.15, 0.2) is 18.2 Å². The first-order valence-electron chi connectivity index (χ1n) is 6.55. The molecule has 0 aromatic heterocycles. The molecule has 0 spiro atoms. The number of amides is 2. The summed E-state index contributed by atoms with van der Waals surface area (Å²) in [5.41, 5.74) is 1.53. The van der Waals surface area contributed by atoms with Gasteiger partial charge in [-0.1, -0.05) is 0 Å². The molecule has 2 rings (SSSR count). The number of aryl methyl sites for hydroxylation is 1. The molecule has 1 fully saturated rings. The zero-order valence-corrected chi connectivity index (χ0v) is 12.2. The minimum absolute atomic E-state index is 0.116. The van der Waals surface area contributed by atoms with Gasteiger partial charge in [0.1, 0.15) is 0 Å². The molecule has 2 N–H and O–H groups in total. The second kappa shape index (κ2) is 6.65. The van der Waals surface area contributed by atoms with Crippen LogP contribution in [0, 0.1) is 6.92 Å². The second-order valence-electron chi connectivity index (χ2n) is 4.72. The van der Waals surface area contributed by atoms with Gasteiger partial charge in [-0.15, -0.1) is 0 Å². The zero-order chi connectivity index (χ0) is 14.5. The maximum atomic E-state index is 12.1. The Labute approximate surface area is 122 Å². The highest BCUT2D eigenvalue weighted by atomic mass is 32.2. The molecule has 0 radical (unpaired) electrons. The number of thioether (sulfide) groups is 1. The maximum absolute atomic E-state index is 12.1. The van der Waals surface area contributed by atoms with Crippen molar-refractivity contribution in [1.82, 2.24) is 4.90 Å². The molecule has 0 saturated carbocycles. The molecule has 6 heteroatoms. The quantitative estimate of drug-likeness (QED) is 0.880. The third kappa shape index (κ3) is 3.66. The molecule has 0 aliphatic carbocycles. The van der Waals surface area contributed by atoms with E-state index < -0.39 is 5.97 Å². The summed E-state index contributed by atoms with van der Waals surface area (Å²) in [4.78, 5) is 24.9. The van der Waals surface area contributed by atoms with Gasteiger partial charge in [-0.05, 0) is 42.9 Å². The maximum Gasteiger partial charge on any atom is 0.335 e. The lowest BCUT2D eigenvalue weighted by Crippen LogP contribution is -2.36. The summed E-state index contributed by atoms with van der Waals surface area (Å²) in [5, 5.41) is 11.8. The van der Waals surface area contributed by atoms with Crippen LogP contribution in [-0.4, -0.2) is 46.6 Å². The highest BCUT2D eigenvalue weighted by Gasteiger charge is 2.16. The van der Waals surface area contributed by atoms with Crippen molar-refractivity contribution in [3.8, 4) is 0 Å². The van der Waals surface area contributed by atoms with Crippen LogP contribution in [-0.2, 0) is 0 Å². The number of carboxylic acid groups (broad SMARTS) is 1. The lowest BCUT2D eigenvalue weighted by molar-refractivity contribution is 0.0696. The Morgan fingerprint density at radius 1 is 1.30 bits per heavy atom. The van der Waals surface area contributed by atoms with Gasteiger partial charge in [-0.25, -0.2) is 9.59 Å². The van der Waals surface area contributed by atoms with E-state index in [1.807, 2.05) is 11.8 Å². The number of benzene rings is 1. The molecule has 0 unspecified atom stereocenters. The fourth-order valence-electron chi connectivity index (χ4n) is 2.13. The number of carbonyl (C=O) groups excluding carboxylic acids is 1. The monoisotopic (exact) mass is 294 g/mol. The SMILES string of the molecule is Cc1cc(NC(=O)N2CCCSCC2)ccc1C(=O)O. The number of aromatic carboxylic acids is 1. The molecule has 2 amide bonds. The van der Waals surface area contributed by atoms with E-state index in [-0.39, 0.29) is 11.6 Å². The predicted octanol–water partition coefficient (Wildman–Crippen LogP) is 2.66. The van der Waals surface area contributed by atoms with E-state index >= 15 is 0 Å². The number of carboxylic acids is 1. The molecule has 0 atom stereocenters. The standard InChI is InChI=1S/C14H18N2O3S/c1-10-9-11(3-4-12(10)13(17)18)15-14(19)16-5-2-7-20-8-6-16/h3-4,9H,2,5-8H2,1H3,(H,15,19)(H,17,18). The van der Waals surface area contributed by atoms with Crippen molar-refractivity contribution in [3.63, 3.8) is 0 Å². The molecule has 1 saturated heterocycles. The van der Waals surface area contributed by atoms with Crippen LogP contribution in [0.3, 0.4) is 0 Å². The largest absolute Gasteiger partial charge is 0.478 e. The van der Waals surface area contributed by atoms with Crippen LogP contribution in [0.2, 0.25) is 0 Å². The van der Waals surface area contributed by atoms with Crippen molar-refractivity contribution in [1.29, 1.82) is 0 Å². The van der Waals surface area contributed by atoms with Crippen molar-refractivity contribution in [3.05, 3.63) is 29.3 Å². The van der Waals surface area contributed by atoms with E-state index in [2.05, 4.69) is 5.32 Å². The third-order valence-electron chi connectivity index (χ3n) is 3.22. The molecular weight excluding hydrogens is 276 g/mol. The summed E-state index contributed by atoms with van der Waals surface area (Å²) in [6.45, 7) is 3.25. The highest BCUT2D eigenvalue weighted by molar-refractivity contribution is 7.99. The number of hydrogen-bond donors (Lipinski definition) is 2. The summed E-state index contributed by atoms with van der Waals surface area (Å²) in [6.07, 6.45) is 1.01.